The highest BCUT2D eigenvalue weighted by molar-refractivity contribution is 6.30. The van der Waals surface area contributed by atoms with Crippen LogP contribution in [0.5, 0.6) is 0 Å². The van der Waals surface area contributed by atoms with E-state index in [0.717, 1.165) is 27.2 Å². The standard InChI is InChI=1S/C19H14ClN3/c20-16-12-10-15(11-13-16)19(14-6-2-1-3-7-14)23-21-17-8-4-5-9-18(17)22-23/h1-13,19H. The summed E-state index contributed by atoms with van der Waals surface area (Å²) in [6.45, 7) is 0. The quantitative estimate of drug-likeness (QED) is 0.547. The average Bonchev–Trinajstić information content (AvgIpc) is 3.01. The molecule has 0 aliphatic carbocycles. The van der Waals surface area contributed by atoms with Gasteiger partial charge in [0.1, 0.15) is 17.1 Å². The van der Waals surface area contributed by atoms with Gasteiger partial charge >= 0.3 is 0 Å². The summed E-state index contributed by atoms with van der Waals surface area (Å²) in [5.41, 5.74) is 4.01. The molecule has 1 heterocycles. The van der Waals surface area contributed by atoms with E-state index in [1.165, 1.54) is 0 Å². The summed E-state index contributed by atoms with van der Waals surface area (Å²) in [5, 5.41) is 10.0. The SMILES string of the molecule is Clc1ccc(C(c2ccccc2)n2nc3ccccc3n2)cc1. The highest BCUT2D eigenvalue weighted by Gasteiger charge is 2.19. The van der Waals surface area contributed by atoms with Gasteiger partial charge in [-0.15, -0.1) is 0 Å². The van der Waals surface area contributed by atoms with Crippen molar-refractivity contribution >= 4 is 22.6 Å². The van der Waals surface area contributed by atoms with Crippen molar-refractivity contribution < 1.29 is 0 Å². The normalized spacial score (nSPS) is 12.4. The molecule has 1 aromatic heterocycles. The van der Waals surface area contributed by atoms with Crippen LogP contribution >= 0.6 is 11.6 Å². The van der Waals surface area contributed by atoms with Gasteiger partial charge in [0.15, 0.2) is 0 Å². The zero-order chi connectivity index (χ0) is 15.6. The first kappa shape index (κ1) is 14.0. The van der Waals surface area contributed by atoms with Crippen molar-refractivity contribution in [3.05, 3.63) is 95.0 Å². The second-order valence-corrected chi connectivity index (χ2v) is 5.81. The Bertz CT molecular complexity index is 897. The highest BCUT2D eigenvalue weighted by Crippen LogP contribution is 2.27. The lowest BCUT2D eigenvalue weighted by molar-refractivity contribution is 0.526. The largest absolute Gasteiger partial charge is 0.172 e. The Morgan fingerprint density at radius 1 is 0.652 bits per heavy atom. The Kier molecular flexibility index (Phi) is 3.56. The van der Waals surface area contributed by atoms with Crippen molar-refractivity contribution in [2.45, 2.75) is 6.04 Å². The minimum Gasteiger partial charge on any atom is -0.172 e. The topological polar surface area (TPSA) is 30.7 Å². The van der Waals surface area contributed by atoms with Crippen molar-refractivity contribution in [1.29, 1.82) is 0 Å². The second kappa shape index (κ2) is 5.86. The fraction of sp³-hybridized carbons (Fsp3) is 0.0526. The Labute approximate surface area is 139 Å². The fourth-order valence-corrected chi connectivity index (χ4v) is 2.86. The van der Waals surface area contributed by atoms with Gasteiger partial charge in [0, 0.05) is 5.02 Å². The molecule has 3 nitrogen and oxygen atoms in total. The van der Waals surface area contributed by atoms with Crippen LogP contribution in [-0.2, 0) is 0 Å². The molecule has 0 radical (unpaired) electrons. The van der Waals surface area contributed by atoms with E-state index >= 15 is 0 Å². The van der Waals surface area contributed by atoms with Gasteiger partial charge in [0.2, 0.25) is 0 Å². The van der Waals surface area contributed by atoms with E-state index in [0.29, 0.717) is 0 Å². The third kappa shape index (κ3) is 2.71. The molecule has 0 saturated carbocycles. The molecular formula is C19H14ClN3. The van der Waals surface area contributed by atoms with Crippen LogP contribution in [-0.4, -0.2) is 15.0 Å². The Morgan fingerprint density at radius 3 is 1.78 bits per heavy atom. The molecule has 0 aliphatic heterocycles. The van der Waals surface area contributed by atoms with Gasteiger partial charge in [0.25, 0.3) is 0 Å². The molecule has 0 amide bonds. The summed E-state index contributed by atoms with van der Waals surface area (Å²) in [4.78, 5) is 1.78. The molecule has 4 heteroatoms. The maximum absolute atomic E-state index is 6.03. The van der Waals surface area contributed by atoms with Crippen molar-refractivity contribution in [3.8, 4) is 0 Å². The van der Waals surface area contributed by atoms with Crippen LogP contribution in [0.4, 0.5) is 0 Å². The number of aromatic nitrogens is 3. The predicted molar refractivity (Wildman–Crippen MR) is 92.7 cm³/mol. The number of nitrogens with zero attached hydrogens (tertiary/aromatic N) is 3. The number of rotatable bonds is 3. The first-order valence-corrected chi connectivity index (χ1v) is 7.81. The molecule has 4 aromatic rings. The number of benzene rings is 3. The van der Waals surface area contributed by atoms with Gasteiger partial charge in [-0.2, -0.15) is 15.0 Å². The molecule has 0 spiro atoms. The minimum atomic E-state index is -0.0825. The molecule has 112 valence electrons. The summed E-state index contributed by atoms with van der Waals surface area (Å²) in [6.07, 6.45) is 0. The summed E-state index contributed by atoms with van der Waals surface area (Å²) >= 11 is 6.03. The zero-order valence-corrected chi connectivity index (χ0v) is 13.1. The van der Waals surface area contributed by atoms with Crippen LogP contribution in [0.3, 0.4) is 0 Å². The van der Waals surface area contributed by atoms with Crippen LogP contribution in [0.2, 0.25) is 5.02 Å². The molecule has 4 rings (SSSR count). The van der Waals surface area contributed by atoms with Crippen molar-refractivity contribution in [2.75, 3.05) is 0 Å². The van der Waals surface area contributed by atoms with Crippen molar-refractivity contribution in [1.82, 2.24) is 15.0 Å². The number of hydrogen-bond donors (Lipinski definition) is 0. The lowest BCUT2D eigenvalue weighted by atomic mass is 9.99. The van der Waals surface area contributed by atoms with Crippen molar-refractivity contribution in [2.24, 2.45) is 0 Å². The average molecular weight is 320 g/mol. The van der Waals surface area contributed by atoms with Gasteiger partial charge in [0.05, 0.1) is 0 Å². The van der Waals surface area contributed by atoms with Gasteiger partial charge in [-0.3, -0.25) is 0 Å². The first-order valence-electron chi connectivity index (χ1n) is 7.43. The summed E-state index contributed by atoms with van der Waals surface area (Å²) in [7, 11) is 0. The molecule has 0 fully saturated rings. The van der Waals surface area contributed by atoms with Gasteiger partial charge in [-0.05, 0) is 35.4 Å². The minimum absolute atomic E-state index is 0.0825. The van der Waals surface area contributed by atoms with Crippen molar-refractivity contribution in [3.63, 3.8) is 0 Å². The predicted octanol–water partition coefficient (Wildman–Crippen LogP) is 4.72. The monoisotopic (exact) mass is 319 g/mol. The highest BCUT2D eigenvalue weighted by atomic mass is 35.5. The summed E-state index contributed by atoms with van der Waals surface area (Å²) in [5.74, 6) is 0. The van der Waals surface area contributed by atoms with E-state index in [4.69, 9.17) is 11.6 Å². The van der Waals surface area contributed by atoms with Gasteiger partial charge in [-0.25, -0.2) is 0 Å². The molecule has 0 bridgehead atoms. The number of hydrogen-bond acceptors (Lipinski definition) is 2. The molecule has 23 heavy (non-hydrogen) atoms. The molecular weight excluding hydrogens is 306 g/mol. The molecule has 0 saturated heterocycles. The smallest absolute Gasteiger partial charge is 0.122 e. The van der Waals surface area contributed by atoms with Gasteiger partial charge in [-0.1, -0.05) is 66.2 Å². The van der Waals surface area contributed by atoms with E-state index in [1.54, 1.807) is 4.80 Å². The molecule has 3 aromatic carbocycles. The maximum atomic E-state index is 6.03. The molecule has 0 aliphatic rings. The Morgan fingerprint density at radius 2 is 1.17 bits per heavy atom. The van der Waals surface area contributed by atoms with Crippen LogP contribution in [0.25, 0.3) is 11.0 Å². The second-order valence-electron chi connectivity index (χ2n) is 5.37. The maximum Gasteiger partial charge on any atom is 0.122 e. The van der Waals surface area contributed by atoms with Crippen LogP contribution < -0.4 is 0 Å². The molecule has 0 N–H and O–H groups in total. The summed E-state index contributed by atoms with van der Waals surface area (Å²) < 4.78 is 0. The van der Waals surface area contributed by atoms with Crippen LogP contribution in [0.15, 0.2) is 78.9 Å². The Hall–Kier alpha value is -2.65. The zero-order valence-electron chi connectivity index (χ0n) is 12.3. The number of halogens is 1. The van der Waals surface area contributed by atoms with Crippen LogP contribution in [0.1, 0.15) is 17.2 Å². The molecule has 1 unspecified atom stereocenters. The number of fused-ring (bicyclic) bond motifs is 1. The fourth-order valence-electron chi connectivity index (χ4n) is 2.73. The summed E-state index contributed by atoms with van der Waals surface area (Å²) in [6, 6.07) is 25.9. The lowest BCUT2D eigenvalue weighted by Gasteiger charge is -2.17. The van der Waals surface area contributed by atoms with E-state index in [2.05, 4.69) is 22.3 Å². The third-order valence-corrected chi connectivity index (χ3v) is 4.09. The first-order chi connectivity index (χ1) is 11.3. The van der Waals surface area contributed by atoms with Crippen LogP contribution in [0, 0.1) is 0 Å². The molecule has 1 atom stereocenters. The lowest BCUT2D eigenvalue weighted by Crippen LogP contribution is -2.15. The van der Waals surface area contributed by atoms with E-state index in [9.17, 15) is 0 Å². The van der Waals surface area contributed by atoms with E-state index in [1.807, 2.05) is 66.7 Å². The van der Waals surface area contributed by atoms with Gasteiger partial charge < -0.3 is 0 Å². The third-order valence-electron chi connectivity index (χ3n) is 3.83. The van der Waals surface area contributed by atoms with E-state index < -0.39 is 0 Å². The Balaban J connectivity index is 1.89. The van der Waals surface area contributed by atoms with E-state index in [-0.39, 0.29) is 6.04 Å².